The maximum Gasteiger partial charge on any atom is 0.193 e. The topological polar surface area (TPSA) is 36.9 Å². The van der Waals surface area contributed by atoms with Crippen LogP contribution < -0.4 is 5.32 Å². The zero-order valence-corrected chi connectivity index (χ0v) is 19.8. The molecule has 0 atom stereocenters. The number of benzene rings is 2. The van der Waals surface area contributed by atoms with Crippen LogP contribution in [0, 0.1) is 12.7 Å². The number of rotatable bonds is 5. The predicted octanol–water partition coefficient (Wildman–Crippen LogP) is 4.51. The molecule has 2 aromatic rings. The molecule has 0 radical (unpaired) electrons. The number of aryl methyl sites for hydroxylation is 1. The van der Waals surface area contributed by atoms with Crippen LogP contribution in [0.2, 0.25) is 0 Å². The summed E-state index contributed by atoms with van der Waals surface area (Å²) >= 11 is 0. The van der Waals surface area contributed by atoms with Crippen LogP contribution in [0.15, 0.2) is 53.5 Å². The Morgan fingerprint density at radius 3 is 2.41 bits per heavy atom. The maximum atomic E-state index is 13.4. The van der Waals surface area contributed by atoms with Gasteiger partial charge in [0.05, 0.1) is 0 Å². The highest BCUT2D eigenvalue weighted by molar-refractivity contribution is 14.0. The molecule has 1 aliphatic heterocycles. The Balaban J connectivity index is 0.00000300. The summed E-state index contributed by atoms with van der Waals surface area (Å²) in [6.07, 6.45) is 1.81. The second kappa shape index (κ2) is 10.9. The van der Waals surface area contributed by atoms with Crippen molar-refractivity contribution in [1.29, 1.82) is 0 Å². The zero-order valence-electron chi connectivity index (χ0n) is 17.5. The van der Waals surface area contributed by atoms with Crippen LogP contribution in [0.3, 0.4) is 0 Å². The van der Waals surface area contributed by atoms with Crippen LogP contribution in [0.4, 0.5) is 4.39 Å². The molecule has 0 amide bonds. The van der Waals surface area contributed by atoms with Gasteiger partial charge in [-0.2, -0.15) is 0 Å². The molecule has 0 bridgehead atoms. The summed E-state index contributed by atoms with van der Waals surface area (Å²) in [5, 5.41) is 3.56. The number of nitrogens with one attached hydrogen (secondary N) is 1. The largest absolute Gasteiger partial charge is 0.381 e. The molecule has 3 rings (SSSR count). The SMILES string of the molecule is CN=C(NCC1(c2ccc(F)cc2)CCOCC1)N(C)Cc1ccccc1C.I. The van der Waals surface area contributed by atoms with E-state index in [2.05, 4.69) is 53.4 Å². The first-order valence-electron chi connectivity index (χ1n) is 9.84. The third-order valence-electron chi connectivity index (χ3n) is 5.73. The third-order valence-corrected chi connectivity index (χ3v) is 5.73. The van der Waals surface area contributed by atoms with E-state index in [1.807, 2.05) is 19.2 Å². The van der Waals surface area contributed by atoms with E-state index in [1.54, 1.807) is 12.1 Å². The average Bonchev–Trinajstić information content (AvgIpc) is 2.71. The van der Waals surface area contributed by atoms with Gasteiger partial charge in [0.2, 0.25) is 0 Å². The number of hydrogen-bond donors (Lipinski definition) is 1. The molecule has 1 N–H and O–H groups in total. The van der Waals surface area contributed by atoms with Gasteiger partial charge in [0.1, 0.15) is 5.82 Å². The van der Waals surface area contributed by atoms with Crippen LogP contribution in [-0.2, 0) is 16.7 Å². The molecular formula is C23H31FIN3O. The minimum atomic E-state index is -0.201. The molecule has 0 spiro atoms. The average molecular weight is 511 g/mol. The number of nitrogens with zero attached hydrogens (tertiary/aromatic N) is 2. The number of hydrogen-bond acceptors (Lipinski definition) is 2. The standard InChI is InChI=1S/C23H30FN3O.HI/c1-18-6-4-5-7-19(18)16-27(3)22(25-2)26-17-23(12-14-28-15-13-23)20-8-10-21(24)11-9-20;/h4-11H,12-17H2,1-3H3,(H,25,26);1H. The van der Waals surface area contributed by atoms with Crippen LogP contribution in [0.1, 0.15) is 29.5 Å². The van der Waals surface area contributed by atoms with E-state index in [1.165, 1.54) is 11.1 Å². The van der Waals surface area contributed by atoms with Crippen molar-refractivity contribution in [1.82, 2.24) is 10.2 Å². The van der Waals surface area contributed by atoms with Gasteiger partial charge in [0.15, 0.2) is 5.96 Å². The number of aliphatic imine (C=N–C) groups is 1. The molecule has 0 aromatic heterocycles. The maximum absolute atomic E-state index is 13.4. The second-order valence-electron chi connectivity index (χ2n) is 7.58. The molecule has 0 aliphatic carbocycles. The van der Waals surface area contributed by atoms with E-state index in [0.29, 0.717) is 0 Å². The minimum absolute atomic E-state index is 0. The Morgan fingerprint density at radius 1 is 1.14 bits per heavy atom. The lowest BCUT2D eigenvalue weighted by Crippen LogP contribution is -2.48. The molecule has 2 aromatic carbocycles. The highest BCUT2D eigenvalue weighted by Gasteiger charge is 2.34. The molecule has 0 saturated carbocycles. The van der Waals surface area contributed by atoms with Crippen molar-refractivity contribution in [3.63, 3.8) is 0 Å². The number of guanidine groups is 1. The van der Waals surface area contributed by atoms with Gasteiger partial charge in [-0.3, -0.25) is 4.99 Å². The summed E-state index contributed by atoms with van der Waals surface area (Å²) in [7, 11) is 3.86. The fourth-order valence-corrected chi connectivity index (χ4v) is 3.88. The van der Waals surface area contributed by atoms with Crippen LogP contribution in [0.25, 0.3) is 0 Å². The first-order chi connectivity index (χ1) is 13.5. The predicted molar refractivity (Wildman–Crippen MR) is 128 cm³/mol. The smallest absolute Gasteiger partial charge is 0.193 e. The molecule has 29 heavy (non-hydrogen) atoms. The molecule has 0 unspecified atom stereocenters. The van der Waals surface area contributed by atoms with Gasteiger partial charge < -0.3 is 15.0 Å². The lowest BCUT2D eigenvalue weighted by molar-refractivity contribution is 0.0512. The van der Waals surface area contributed by atoms with Crippen molar-refractivity contribution in [2.75, 3.05) is 33.9 Å². The van der Waals surface area contributed by atoms with Crippen molar-refractivity contribution in [2.24, 2.45) is 4.99 Å². The summed E-state index contributed by atoms with van der Waals surface area (Å²) in [6, 6.07) is 15.3. The van der Waals surface area contributed by atoms with Crippen molar-refractivity contribution < 1.29 is 9.13 Å². The lowest BCUT2D eigenvalue weighted by atomic mass is 9.74. The molecular weight excluding hydrogens is 480 g/mol. The van der Waals surface area contributed by atoms with Gasteiger partial charge in [0, 0.05) is 45.8 Å². The van der Waals surface area contributed by atoms with Crippen molar-refractivity contribution >= 4 is 29.9 Å². The van der Waals surface area contributed by atoms with Crippen LogP contribution in [0.5, 0.6) is 0 Å². The molecule has 158 valence electrons. The number of halogens is 2. The molecule has 1 heterocycles. The van der Waals surface area contributed by atoms with Crippen molar-refractivity contribution in [3.05, 3.63) is 71.0 Å². The normalized spacial score (nSPS) is 16.1. The van der Waals surface area contributed by atoms with Crippen LogP contribution >= 0.6 is 24.0 Å². The summed E-state index contributed by atoms with van der Waals surface area (Å²) in [5.41, 5.74) is 3.64. The van der Waals surface area contributed by atoms with Crippen molar-refractivity contribution in [2.45, 2.75) is 31.7 Å². The van der Waals surface area contributed by atoms with E-state index >= 15 is 0 Å². The van der Waals surface area contributed by atoms with Gasteiger partial charge in [-0.25, -0.2) is 4.39 Å². The first-order valence-corrected chi connectivity index (χ1v) is 9.84. The fraction of sp³-hybridized carbons (Fsp3) is 0.435. The van der Waals surface area contributed by atoms with Crippen molar-refractivity contribution in [3.8, 4) is 0 Å². The Morgan fingerprint density at radius 2 is 1.79 bits per heavy atom. The zero-order chi connectivity index (χ0) is 20.0. The summed E-state index contributed by atoms with van der Waals surface area (Å²) in [4.78, 5) is 6.62. The number of ether oxygens (including phenoxy) is 1. The van der Waals surface area contributed by atoms with E-state index in [-0.39, 0.29) is 35.2 Å². The van der Waals surface area contributed by atoms with Gasteiger partial charge in [-0.1, -0.05) is 36.4 Å². The highest BCUT2D eigenvalue weighted by Crippen LogP contribution is 2.34. The van der Waals surface area contributed by atoms with E-state index in [9.17, 15) is 4.39 Å². The lowest BCUT2D eigenvalue weighted by Gasteiger charge is -2.39. The Hall–Kier alpha value is -1.67. The molecule has 1 fully saturated rings. The van der Waals surface area contributed by atoms with E-state index < -0.39 is 0 Å². The monoisotopic (exact) mass is 511 g/mol. The summed E-state index contributed by atoms with van der Waals surface area (Å²) in [5.74, 6) is 0.656. The molecule has 1 saturated heterocycles. The quantitative estimate of drug-likeness (QED) is 0.365. The fourth-order valence-electron chi connectivity index (χ4n) is 3.88. The van der Waals surface area contributed by atoms with Crippen LogP contribution in [-0.4, -0.2) is 44.7 Å². The van der Waals surface area contributed by atoms with Gasteiger partial charge >= 0.3 is 0 Å². The van der Waals surface area contributed by atoms with Gasteiger partial charge in [-0.15, -0.1) is 24.0 Å². The van der Waals surface area contributed by atoms with Gasteiger partial charge in [0.25, 0.3) is 0 Å². The third kappa shape index (κ3) is 5.92. The Bertz CT molecular complexity index is 804. The van der Waals surface area contributed by atoms with E-state index in [0.717, 1.165) is 50.7 Å². The Kier molecular flexibility index (Phi) is 8.89. The first kappa shape index (κ1) is 23.6. The Labute approximate surface area is 190 Å². The highest BCUT2D eigenvalue weighted by atomic mass is 127. The second-order valence-corrected chi connectivity index (χ2v) is 7.58. The summed E-state index contributed by atoms with van der Waals surface area (Å²) < 4.78 is 19.0. The molecule has 4 nitrogen and oxygen atoms in total. The van der Waals surface area contributed by atoms with Gasteiger partial charge in [-0.05, 0) is 48.6 Å². The molecule has 6 heteroatoms. The minimum Gasteiger partial charge on any atom is -0.381 e. The van der Waals surface area contributed by atoms with E-state index in [4.69, 9.17) is 4.74 Å². The molecule has 1 aliphatic rings. The summed E-state index contributed by atoms with van der Waals surface area (Å²) in [6.45, 7) is 5.10.